The maximum absolute atomic E-state index is 2.74. The highest BCUT2D eigenvalue weighted by atomic mass is 14.6. The van der Waals surface area contributed by atoms with Gasteiger partial charge in [-0.2, -0.15) is 0 Å². The van der Waals surface area contributed by atoms with Crippen LogP contribution >= 0.6 is 0 Å². The molecule has 4 unspecified atom stereocenters. The van der Waals surface area contributed by atoms with Gasteiger partial charge >= 0.3 is 0 Å². The summed E-state index contributed by atoms with van der Waals surface area (Å²) in [5, 5.41) is 0. The van der Waals surface area contributed by atoms with Gasteiger partial charge in [0, 0.05) is 0 Å². The van der Waals surface area contributed by atoms with Gasteiger partial charge in [0.15, 0.2) is 0 Å². The minimum atomic E-state index is -0.222. The normalized spacial score (nSPS) is 28.1. The van der Waals surface area contributed by atoms with Gasteiger partial charge in [-0.3, -0.25) is 0 Å². The third-order valence-electron chi connectivity index (χ3n) is 16.8. The van der Waals surface area contributed by atoms with E-state index in [1.54, 1.807) is 72.4 Å². The molecule has 1 aromatic carbocycles. The fourth-order valence-corrected chi connectivity index (χ4v) is 13.6. The topological polar surface area (TPSA) is 0 Å². The number of benzene rings is 1. The zero-order valence-corrected chi connectivity index (χ0v) is 38.2. The fraction of sp³-hybridized carbons (Fsp3) is 0.492. The maximum Gasteiger partial charge on any atom is 0.0715 e. The average molecular weight is 779 g/mol. The predicted octanol–water partition coefficient (Wildman–Crippen LogP) is 16.1. The first-order chi connectivity index (χ1) is 28.1. The largest absolute Gasteiger partial charge is 0.0839 e. The van der Waals surface area contributed by atoms with Crippen LogP contribution < -0.4 is 0 Å². The fourth-order valence-electron chi connectivity index (χ4n) is 13.6. The number of allylic oxidation sites excluding steroid dienone is 24. The van der Waals surface area contributed by atoms with E-state index in [2.05, 4.69) is 154 Å². The first-order valence-electron chi connectivity index (χ1n) is 23.7. The number of hydrogen-bond acceptors (Lipinski definition) is 0. The Morgan fingerprint density at radius 1 is 0.712 bits per heavy atom. The van der Waals surface area contributed by atoms with E-state index < -0.39 is 0 Å². The third-order valence-corrected chi connectivity index (χ3v) is 16.8. The highest BCUT2D eigenvalue weighted by Crippen LogP contribution is 2.66. The molecule has 0 aromatic heterocycles. The SMILES string of the molecule is CC1=CC(C)CC=C1C(CC1=CCC2C(=C1)C1=CC=CCC1C2(C)C)Cc1ccc2c(c1)C1(C3=C(CCC(C(C)(C)C)=C3)C3=C1C=C(C(C)(C)C)CC3)C1=C2CCC=C1. The molecule has 0 radical (unpaired) electrons. The van der Waals surface area contributed by atoms with Gasteiger partial charge in [-0.25, -0.2) is 0 Å². The maximum atomic E-state index is 2.74. The lowest BCUT2D eigenvalue weighted by molar-refractivity contribution is 0.207. The molecular weight excluding hydrogens is 709 g/mol. The van der Waals surface area contributed by atoms with E-state index in [-0.39, 0.29) is 16.2 Å². The molecule has 1 spiro atoms. The van der Waals surface area contributed by atoms with Crippen LogP contribution in [0.15, 0.2) is 152 Å². The van der Waals surface area contributed by atoms with Crippen molar-refractivity contribution in [1.82, 2.24) is 0 Å². The van der Waals surface area contributed by atoms with Gasteiger partial charge in [0.25, 0.3) is 0 Å². The van der Waals surface area contributed by atoms with Crippen LogP contribution in [0, 0.1) is 39.9 Å². The molecule has 0 heteroatoms. The van der Waals surface area contributed by atoms with Crippen molar-refractivity contribution in [3.05, 3.63) is 169 Å². The van der Waals surface area contributed by atoms with Crippen molar-refractivity contribution in [2.45, 2.75) is 145 Å². The molecular formula is C59H70. The minimum Gasteiger partial charge on any atom is -0.0839 e. The smallest absolute Gasteiger partial charge is 0.0715 e. The number of hydrogen-bond donors (Lipinski definition) is 0. The Kier molecular flexibility index (Phi) is 9.19. The molecule has 10 rings (SSSR count). The lowest BCUT2D eigenvalue weighted by Crippen LogP contribution is -2.31. The lowest BCUT2D eigenvalue weighted by Gasteiger charge is -2.38. The molecule has 0 aliphatic heterocycles. The van der Waals surface area contributed by atoms with E-state index in [1.165, 1.54) is 55.2 Å². The Balaban J connectivity index is 1.10. The molecule has 9 aliphatic rings. The molecule has 0 N–H and O–H groups in total. The predicted molar refractivity (Wildman–Crippen MR) is 252 cm³/mol. The molecule has 1 fully saturated rings. The van der Waals surface area contributed by atoms with Crippen LogP contribution in [-0.4, -0.2) is 0 Å². The number of fused-ring (bicyclic) bond motifs is 10. The van der Waals surface area contributed by atoms with Gasteiger partial charge in [0.2, 0.25) is 0 Å². The van der Waals surface area contributed by atoms with E-state index in [0.717, 1.165) is 32.1 Å². The van der Waals surface area contributed by atoms with Crippen LogP contribution in [0.25, 0.3) is 5.57 Å². The summed E-state index contributed by atoms with van der Waals surface area (Å²) in [6.07, 6.45) is 40.9. The molecule has 306 valence electrons. The minimum absolute atomic E-state index is 0.157. The Morgan fingerprint density at radius 2 is 1.41 bits per heavy atom. The standard InChI is InChI=1S/C59H70/c1-36-19-24-43(37(2)29-36)40(30-38-21-28-51-49(32-38)45-16-11-13-17-50(45)58(51,9)10)31-39-20-25-46-44-15-12-14-18-52(44)59(53(46)33-39)54-34-41(56(3,4)5)22-26-47(54)48-27-23-42(35-55(48)59)57(6,7)8/h11,13-14,16,18,20-21,24-25,29,32-36,40,50-51H,12,15,17,19,22-23,26-28,30-31H2,1-10H3. The molecule has 4 atom stereocenters. The summed E-state index contributed by atoms with van der Waals surface area (Å²) >= 11 is 0. The van der Waals surface area contributed by atoms with Crippen LogP contribution in [0.2, 0.25) is 0 Å². The molecule has 1 aromatic rings. The summed E-state index contributed by atoms with van der Waals surface area (Å²) in [6, 6.07) is 7.86. The van der Waals surface area contributed by atoms with Crippen LogP contribution in [0.4, 0.5) is 0 Å². The van der Waals surface area contributed by atoms with Gasteiger partial charge in [0.1, 0.15) is 0 Å². The van der Waals surface area contributed by atoms with Crippen molar-refractivity contribution < 1.29 is 0 Å². The summed E-state index contributed by atoms with van der Waals surface area (Å²) in [7, 11) is 0. The first kappa shape index (κ1) is 39.2. The molecule has 0 amide bonds. The second-order valence-corrected chi connectivity index (χ2v) is 22.7. The highest BCUT2D eigenvalue weighted by molar-refractivity contribution is 5.92. The highest BCUT2D eigenvalue weighted by Gasteiger charge is 2.55. The summed E-state index contributed by atoms with van der Waals surface area (Å²) < 4.78 is 0. The average Bonchev–Trinajstić information content (AvgIpc) is 3.75. The van der Waals surface area contributed by atoms with E-state index in [4.69, 9.17) is 0 Å². The monoisotopic (exact) mass is 779 g/mol. The van der Waals surface area contributed by atoms with Gasteiger partial charge in [0.05, 0.1) is 5.41 Å². The van der Waals surface area contributed by atoms with E-state index in [1.807, 2.05) is 0 Å². The summed E-state index contributed by atoms with van der Waals surface area (Å²) in [4.78, 5) is 0. The zero-order chi connectivity index (χ0) is 41.2. The summed E-state index contributed by atoms with van der Waals surface area (Å²) in [5.41, 5.74) is 26.0. The van der Waals surface area contributed by atoms with Crippen LogP contribution in [0.3, 0.4) is 0 Å². The molecule has 1 saturated carbocycles. The molecule has 0 heterocycles. The molecule has 9 aliphatic carbocycles. The first-order valence-corrected chi connectivity index (χ1v) is 23.7. The Bertz CT molecular complexity index is 2360. The van der Waals surface area contributed by atoms with E-state index >= 15 is 0 Å². The van der Waals surface area contributed by atoms with Gasteiger partial charge in [-0.1, -0.05) is 170 Å². The second kappa shape index (κ2) is 13.8. The van der Waals surface area contributed by atoms with Crippen LogP contribution in [0.5, 0.6) is 0 Å². The van der Waals surface area contributed by atoms with Crippen LogP contribution in [0.1, 0.15) is 150 Å². The molecule has 0 bridgehead atoms. The summed E-state index contributed by atoms with van der Waals surface area (Å²) in [5.74, 6) is 2.33. The van der Waals surface area contributed by atoms with Crippen molar-refractivity contribution in [3.8, 4) is 0 Å². The summed E-state index contributed by atoms with van der Waals surface area (Å²) in [6.45, 7) is 24.5. The quantitative estimate of drug-likeness (QED) is 0.279. The Labute approximate surface area is 357 Å². The lowest BCUT2D eigenvalue weighted by atomic mass is 9.63. The van der Waals surface area contributed by atoms with E-state index in [9.17, 15) is 0 Å². The zero-order valence-electron chi connectivity index (χ0n) is 38.2. The molecule has 59 heavy (non-hydrogen) atoms. The van der Waals surface area contributed by atoms with E-state index in [0.29, 0.717) is 29.1 Å². The van der Waals surface area contributed by atoms with Gasteiger partial charge in [-0.15, -0.1) is 0 Å². The molecule has 0 saturated heterocycles. The third kappa shape index (κ3) is 6.10. The van der Waals surface area contributed by atoms with Crippen molar-refractivity contribution >= 4 is 5.57 Å². The van der Waals surface area contributed by atoms with Crippen molar-refractivity contribution in [2.24, 2.45) is 39.9 Å². The Hall–Kier alpha value is -3.90. The Morgan fingerprint density at radius 3 is 2.08 bits per heavy atom. The van der Waals surface area contributed by atoms with Crippen molar-refractivity contribution in [2.75, 3.05) is 0 Å². The number of rotatable bonds is 5. The van der Waals surface area contributed by atoms with Crippen molar-refractivity contribution in [3.63, 3.8) is 0 Å². The molecule has 0 nitrogen and oxygen atoms in total. The second-order valence-electron chi connectivity index (χ2n) is 22.7. The van der Waals surface area contributed by atoms with Gasteiger partial charge < -0.3 is 0 Å². The van der Waals surface area contributed by atoms with Crippen molar-refractivity contribution in [1.29, 1.82) is 0 Å². The van der Waals surface area contributed by atoms with Crippen LogP contribution in [-0.2, 0) is 11.8 Å². The van der Waals surface area contributed by atoms with Gasteiger partial charge in [-0.05, 0) is 184 Å².